The summed E-state index contributed by atoms with van der Waals surface area (Å²) in [6.07, 6.45) is 10.6. The highest BCUT2D eigenvalue weighted by molar-refractivity contribution is 5.99. The van der Waals surface area contributed by atoms with Crippen LogP contribution in [0.1, 0.15) is 44.9 Å². The molecule has 2 aliphatic rings. The lowest BCUT2D eigenvalue weighted by molar-refractivity contribution is 0.166. The second kappa shape index (κ2) is 6.80. The fraction of sp³-hybridized carbons (Fsp3) is 0.500. The highest BCUT2D eigenvalue weighted by atomic mass is 16.2. The molecule has 126 valence electrons. The van der Waals surface area contributed by atoms with Crippen molar-refractivity contribution in [1.29, 1.82) is 0 Å². The average molecular weight is 323 g/mol. The highest BCUT2D eigenvalue weighted by Gasteiger charge is 2.35. The minimum atomic E-state index is 0.0428. The molecule has 1 atom stereocenters. The van der Waals surface area contributed by atoms with Crippen molar-refractivity contribution in [2.45, 2.75) is 51.0 Å². The van der Waals surface area contributed by atoms with Crippen molar-refractivity contribution in [1.82, 2.24) is 9.88 Å². The third-order valence-electron chi connectivity index (χ3n) is 5.63. The van der Waals surface area contributed by atoms with E-state index in [1.165, 1.54) is 32.1 Å². The Labute approximate surface area is 143 Å². The van der Waals surface area contributed by atoms with E-state index < -0.39 is 0 Å². The Morgan fingerprint density at radius 2 is 1.88 bits per heavy atom. The number of anilines is 1. The average Bonchev–Trinajstić information content (AvgIpc) is 3.13. The monoisotopic (exact) mass is 323 g/mol. The predicted molar refractivity (Wildman–Crippen MR) is 97.1 cm³/mol. The Bertz CT molecular complexity index is 718. The van der Waals surface area contributed by atoms with Crippen LogP contribution in [0.5, 0.6) is 0 Å². The number of hydrogen-bond donors (Lipinski definition) is 1. The van der Waals surface area contributed by atoms with Crippen LogP contribution >= 0.6 is 0 Å². The predicted octanol–water partition coefficient (Wildman–Crippen LogP) is 4.81. The van der Waals surface area contributed by atoms with Gasteiger partial charge in [-0.2, -0.15) is 0 Å². The first-order valence-electron chi connectivity index (χ1n) is 9.24. The number of benzene rings is 1. The molecular weight excluding hydrogens is 298 g/mol. The van der Waals surface area contributed by atoms with Gasteiger partial charge in [-0.1, -0.05) is 37.5 Å². The zero-order valence-electron chi connectivity index (χ0n) is 14.1. The number of aromatic nitrogens is 1. The summed E-state index contributed by atoms with van der Waals surface area (Å²) in [4.78, 5) is 19.4. The molecule has 1 aliphatic heterocycles. The van der Waals surface area contributed by atoms with Crippen molar-refractivity contribution in [3.8, 4) is 0 Å². The summed E-state index contributed by atoms with van der Waals surface area (Å²) in [7, 11) is 0. The fourth-order valence-corrected chi connectivity index (χ4v) is 4.45. The van der Waals surface area contributed by atoms with E-state index in [1.807, 2.05) is 30.3 Å². The maximum Gasteiger partial charge on any atom is 0.322 e. The molecule has 2 heterocycles. The van der Waals surface area contributed by atoms with E-state index in [9.17, 15) is 4.79 Å². The smallest absolute Gasteiger partial charge is 0.321 e. The summed E-state index contributed by atoms with van der Waals surface area (Å²) in [6.45, 7) is 0.880. The molecule has 24 heavy (non-hydrogen) atoms. The largest absolute Gasteiger partial charge is 0.322 e. The van der Waals surface area contributed by atoms with Gasteiger partial charge in [0, 0.05) is 24.2 Å². The standard InChI is InChI=1S/C20H25N3O/c24-20(22-17-11-4-9-16-10-5-13-21-19(16)17)23-14-6-12-18(23)15-7-2-1-3-8-15/h4-5,9-11,13,15,18H,1-3,6-8,12,14H2,(H,22,24). The van der Waals surface area contributed by atoms with Crippen molar-refractivity contribution >= 4 is 22.6 Å². The third-order valence-corrected chi connectivity index (χ3v) is 5.63. The number of nitrogens with zero attached hydrogens (tertiary/aromatic N) is 2. The van der Waals surface area contributed by atoms with E-state index in [2.05, 4.69) is 15.2 Å². The fourth-order valence-electron chi connectivity index (χ4n) is 4.45. The Kier molecular flexibility index (Phi) is 4.37. The number of rotatable bonds is 2. The van der Waals surface area contributed by atoms with E-state index in [0.29, 0.717) is 12.0 Å². The maximum atomic E-state index is 12.9. The van der Waals surface area contributed by atoms with Crippen molar-refractivity contribution in [2.24, 2.45) is 5.92 Å². The molecule has 0 spiro atoms. The summed E-state index contributed by atoms with van der Waals surface area (Å²) in [5.74, 6) is 0.692. The van der Waals surface area contributed by atoms with Crippen molar-refractivity contribution in [3.05, 3.63) is 36.5 Å². The van der Waals surface area contributed by atoms with E-state index >= 15 is 0 Å². The van der Waals surface area contributed by atoms with Gasteiger partial charge in [-0.05, 0) is 43.7 Å². The lowest BCUT2D eigenvalue weighted by Gasteiger charge is -2.34. The van der Waals surface area contributed by atoms with E-state index in [-0.39, 0.29) is 6.03 Å². The number of hydrogen-bond acceptors (Lipinski definition) is 2. The minimum Gasteiger partial charge on any atom is -0.321 e. The normalized spacial score (nSPS) is 22.0. The van der Waals surface area contributed by atoms with Gasteiger partial charge in [0.25, 0.3) is 0 Å². The van der Waals surface area contributed by atoms with E-state index in [4.69, 9.17) is 0 Å². The molecule has 1 N–H and O–H groups in total. The molecule has 4 rings (SSSR count). The number of carbonyl (C=O) groups is 1. The maximum absolute atomic E-state index is 12.9. The Morgan fingerprint density at radius 3 is 2.75 bits per heavy atom. The number of nitrogens with one attached hydrogen (secondary N) is 1. The molecule has 1 aromatic heterocycles. The number of amides is 2. The number of likely N-dealkylation sites (tertiary alicyclic amines) is 1. The van der Waals surface area contributed by atoms with Crippen LogP contribution in [-0.2, 0) is 0 Å². The molecule has 2 fully saturated rings. The van der Waals surface area contributed by atoms with Gasteiger partial charge in [0.15, 0.2) is 0 Å². The molecule has 1 aromatic carbocycles. The summed E-state index contributed by atoms with van der Waals surface area (Å²) < 4.78 is 0. The molecule has 4 nitrogen and oxygen atoms in total. The SMILES string of the molecule is O=C(Nc1cccc2cccnc12)N1CCCC1C1CCCCC1. The van der Waals surface area contributed by atoms with Crippen LogP contribution in [0.25, 0.3) is 10.9 Å². The Balaban J connectivity index is 1.52. The molecule has 1 saturated carbocycles. The van der Waals surface area contributed by atoms with Crippen molar-refractivity contribution in [3.63, 3.8) is 0 Å². The zero-order valence-corrected chi connectivity index (χ0v) is 14.1. The quantitative estimate of drug-likeness (QED) is 0.862. The minimum absolute atomic E-state index is 0.0428. The van der Waals surface area contributed by atoms with Crippen LogP contribution in [0.3, 0.4) is 0 Å². The van der Waals surface area contributed by atoms with Crippen LogP contribution in [0.15, 0.2) is 36.5 Å². The van der Waals surface area contributed by atoms with Crippen molar-refractivity contribution < 1.29 is 4.79 Å². The van der Waals surface area contributed by atoms with Gasteiger partial charge in [-0.25, -0.2) is 4.79 Å². The van der Waals surface area contributed by atoms with E-state index in [1.54, 1.807) is 6.20 Å². The van der Waals surface area contributed by atoms with Crippen LogP contribution in [0.2, 0.25) is 0 Å². The Morgan fingerprint density at radius 1 is 1.04 bits per heavy atom. The molecule has 1 saturated heterocycles. The van der Waals surface area contributed by atoms with Crippen LogP contribution < -0.4 is 5.32 Å². The van der Waals surface area contributed by atoms with Gasteiger partial charge in [0.05, 0.1) is 11.2 Å². The van der Waals surface area contributed by atoms with Gasteiger partial charge in [-0.15, -0.1) is 0 Å². The highest BCUT2D eigenvalue weighted by Crippen LogP contribution is 2.34. The van der Waals surface area contributed by atoms with Gasteiger partial charge in [-0.3, -0.25) is 4.98 Å². The first kappa shape index (κ1) is 15.4. The second-order valence-electron chi connectivity index (χ2n) is 7.11. The first-order chi connectivity index (χ1) is 11.8. The third kappa shape index (κ3) is 2.97. The van der Waals surface area contributed by atoms with Gasteiger partial charge >= 0.3 is 6.03 Å². The molecule has 1 unspecified atom stereocenters. The van der Waals surface area contributed by atoms with Crippen LogP contribution in [0.4, 0.5) is 10.5 Å². The lowest BCUT2D eigenvalue weighted by Crippen LogP contribution is -2.43. The topological polar surface area (TPSA) is 45.2 Å². The molecule has 2 amide bonds. The van der Waals surface area contributed by atoms with Crippen molar-refractivity contribution in [2.75, 3.05) is 11.9 Å². The number of para-hydroxylation sites is 1. The summed E-state index contributed by atoms with van der Waals surface area (Å²) in [5, 5.41) is 4.18. The number of carbonyl (C=O) groups excluding carboxylic acids is 1. The molecule has 1 aliphatic carbocycles. The molecule has 2 aromatic rings. The Hall–Kier alpha value is -2.10. The molecular formula is C20H25N3O. The number of urea groups is 1. The number of pyridine rings is 1. The van der Waals surface area contributed by atoms with Crippen LogP contribution in [0, 0.1) is 5.92 Å². The van der Waals surface area contributed by atoms with Crippen LogP contribution in [-0.4, -0.2) is 28.5 Å². The second-order valence-corrected chi connectivity index (χ2v) is 7.11. The molecule has 0 radical (unpaired) electrons. The first-order valence-corrected chi connectivity index (χ1v) is 9.24. The summed E-state index contributed by atoms with van der Waals surface area (Å²) >= 11 is 0. The molecule has 4 heteroatoms. The van der Waals surface area contributed by atoms with Gasteiger partial charge in [0.1, 0.15) is 0 Å². The zero-order chi connectivity index (χ0) is 16.4. The van der Waals surface area contributed by atoms with Gasteiger partial charge in [0.2, 0.25) is 0 Å². The molecule has 0 bridgehead atoms. The summed E-state index contributed by atoms with van der Waals surface area (Å²) in [5.41, 5.74) is 1.68. The van der Waals surface area contributed by atoms with E-state index in [0.717, 1.165) is 36.0 Å². The lowest BCUT2D eigenvalue weighted by atomic mass is 9.83. The number of fused-ring (bicyclic) bond motifs is 1. The summed E-state index contributed by atoms with van der Waals surface area (Å²) in [6, 6.07) is 10.4. The van der Waals surface area contributed by atoms with Gasteiger partial charge < -0.3 is 10.2 Å².